The van der Waals surface area contributed by atoms with Gasteiger partial charge in [0.15, 0.2) is 11.6 Å². The summed E-state index contributed by atoms with van der Waals surface area (Å²) in [5, 5.41) is 2.90. The van der Waals surface area contributed by atoms with E-state index in [1.54, 1.807) is 0 Å². The summed E-state index contributed by atoms with van der Waals surface area (Å²) in [6.45, 7) is 2.49. The van der Waals surface area contributed by atoms with Crippen LogP contribution >= 0.6 is 0 Å². The Labute approximate surface area is 164 Å². The number of nitrogens with two attached hydrogens (primary N) is 1. The number of likely N-dealkylation sites (tertiary alicyclic amines) is 1. The number of carbonyl (C=O) groups is 2. The van der Waals surface area contributed by atoms with Gasteiger partial charge in [-0.2, -0.15) is 0 Å². The van der Waals surface area contributed by atoms with Crippen molar-refractivity contribution >= 4 is 17.5 Å². The van der Waals surface area contributed by atoms with Crippen LogP contribution in [0.3, 0.4) is 0 Å². The Morgan fingerprint density at radius 2 is 2.00 bits per heavy atom. The molecule has 1 aromatic heterocycles. The van der Waals surface area contributed by atoms with Gasteiger partial charge in [-0.1, -0.05) is 18.6 Å². The first-order valence-corrected chi connectivity index (χ1v) is 9.96. The zero-order valence-corrected chi connectivity index (χ0v) is 15.9. The van der Waals surface area contributed by atoms with Gasteiger partial charge in [0.1, 0.15) is 6.26 Å². The Hall–Kier alpha value is -2.67. The minimum atomic E-state index is -0.256. The summed E-state index contributed by atoms with van der Waals surface area (Å²) < 4.78 is 5.47. The lowest BCUT2D eigenvalue weighted by Gasteiger charge is -2.30. The predicted octanol–water partition coefficient (Wildman–Crippen LogP) is 2.89. The Morgan fingerprint density at radius 1 is 1.21 bits per heavy atom. The molecule has 148 valence electrons. The highest BCUT2D eigenvalue weighted by molar-refractivity contribution is 6.02. The number of amides is 2. The fourth-order valence-corrected chi connectivity index (χ4v) is 3.81. The Bertz CT molecular complexity index is 851. The van der Waals surface area contributed by atoms with Crippen molar-refractivity contribution < 1.29 is 14.0 Å². The third-order valence-electron chi connectivity index (χ3n) is 5.79. The molecule has 2 heterocycles. The van der Waals surface area contributed by atoms with E-state index in [1.165, 1.54) is 12.7 Å². The lowest BCUT2D eigenvalue weighted by Crippen LogP contribution is -2.38. The van der Waals surface area contributed by atoms with E-state index in [9.17, 15) is 9.59 Å². The van der Waals surface area contributed by atoms with Crippen LogP contribution in [0.2, 0.25) is 0 Å². The SMILES string of the molecule is NC(=O)C1CCN(Cc2cccc(NC(=O)c3coc(C4CCC4)n3)c2)CC1. The average Bonchev–Trinajstić information content (AvgIpc) is 3.10. The smallest absolute Gasteiger partial charge is 0.277 e. The maximum absolute atomic E-state index is 12.5. The zero-order chi connectivity index (χ0) is 19.5. The van der Waals surface area contributed by atoms with E-state index in [1.807, 2.05) is 24.3 Å². The highest BCUT2D eigenvalue weighted by Crippen LogP contribution is 2.35. The van der Waals surface area contributed by atoms with Gasteiger partial charge in [0.05, 0.1) is 0 Å². The summed E-state index contributed by atoms with van der Waals surface area (Å²) in [5.74, 6) is 0.577. The number of carbonyl (C=O) groups excluding carboxylic acids is 2. The van der Waals surface area contributed by atoms with Gasteiger partial charge >= 0.3 is 0 Å². The maximum Gasteiger partial charge on any atom is 0.277 e. The summed E-state index contributed by atoms with van der Waals surface area (Å²) in [6.07, 6.45) is 6.42. The van der Waals surface area contributed by atoms with Gasteiger partial charge in [0, 0.05) is 24.1 Å². The third-order valence-corrected chi connectivity index (χ3v) is 5.79. The molecule has 0 radical (unpaired) electrons. The van der Waals surface area contributed by atoms with Crippen molar-refractivity contribution in [3.8, 4) is 0 Å². The van der Waals surface area contributed by atoms with Crippen molar-refractivity contribution in [2.45, 2.75) is 44.6 Å². The van der Waals surface area contributed by atoms with Crippen LogP contribution in [0, 0.1) is 5.92 Å². The van der Waals surface area contributed by atoms with E-state index in [0.717, 1.165) is 56.6 Å². The molecule has 2 aromatic rings. The van der Waals surface area contributed by atoms with Gasteiger partial charge in [0.25, 0.3) is 5.91 Å². The number of nitrogens with zero attached hydrogens (tertiary/aromatic N) is 2. The molecule has 1 aliphatic heterocycles. The summed E-state index contributed by atoms with van der Waals surface area (Å²) in [6, 6.07) is 7.82. The third kappa shape index (κ3) is 4.25. The molecule has 0 spiro atoms. The molecule has 0 atom stereocenters. The van der Waals surface area contributed by atoms with Crippen molar-refractivity contribution in [3.05, 3.63) is 47.7 Å². The molecule has 0 bridgehead atoms. The standard InChI is InChI=1S/C21H26N4O3/c22-19(26)15-7-9-25(10-8-15)12-14-3-1-6-17(11-14)23-20(27)18-13-28-21(24-18)16-4-2-5-16/h1,3,6,11,13,15-16H,2,4-5,7-10,12H2,(H2,22,26)(H,23,27). The first-order chi connectivity index (χ1) is 13.6. The molecule has 2 aliphatic rings. The van der Waals surface area contributed by atoms with Crippen LogP contribution in [-0.2, 0) is 11.3 Å². The number of hydrogen-bond acceptors (Lipinski definition) is 5. The van der Waals surface area contributed by atoms with Gasteiger partial charge in [-0.15, -0.1) is 0 Å². The van der Waals surface area contributed by atoms with E-state index in [0.29, 0.717) is 17.5 Å². The summed E-state index contributed by atoms with van der Waals surface area (Å²) in [4.78, 5) is 30.4. The molecule has 7 nitrogen and oxygen atoms in total. The van der Waals surface area contributed by atoms with E-state index in [-0.39, 0.29) is 17.7 Å². The summed E-state index contributed by atoms with van der Waals surface area (Å²) >= 11 is 0. The van der Waals surface area contributed by atoms with E-state index in [2.05, 4.69) is 15.2 Å². The molecular weight excluding hydrogens is 356 g/mol. The van der Waals surface area contributed by atoms with Crippen LogP contribution in [0.25, 0.3) is 0 Å². The number of primary amides is 1. The summed E-state index contributed by atoms with van der Waals surface area (Å²) in [7, 11) is 0. The second-order valence-electron chi connectivity index (χ2n) is 7.81. The van der Waals surface area contributed by atoms with E-state index < -0.39 is 0 Å². The van der Waals surface area contributed by atoms with Crippen LogP contribution in [0.15, 0.2) is 34.9 Å². The molecule has 4 rings (SSSR count). The summed E-state index contributed by atoms with van der Waals surface area (Å²) in [5.41, 5.74) is 7.57. The Balaban J connectivity index is 1.34. The minimum Gasteiger partial charge on any atom is -0.448 e. The molecule has 1 saturated heterocycles. The van der Waals surface area contributed by atoms with Crippen LogP contribution < -0.4 is 11.1 Å². The second kappa shape index (κ2) is 8.14. The molecule has 3 N–H and O–H groups in total. The molecule has 1 saturated carbocycles. The van der Waals surface area contributed by atoms with Crippen molar-refractivity contribution in [2.24, 2.45) is 11.7 Å². The highest BCUT2D eigenvalue weighted by Gasteiger charge is 2.26. The molecule has 2 fully saturated rings. The fraction of sp³-hybridized carbons (Fsp3) is 0.476. The number of nitrogens with one attached hydrogen (secondary N) is 1. The lowest BCUT2D eigenvalue weighted by atomic mass is 9.85. The Kier molecular flexibility index (Phi) is 5.43. The molecule has 2 amide bonds. The van der Waals surface area contributed by atoms with Gasteiger partial charge in [-0.05, 0) is 56.5 Å². The number of oxazole rings is 1. The number of anilines is 1. The average molecular weight is 382 g/mol. The molecular formula is C21H26N4O3. The van der Waals surface area contributed by atoms with Crippen molar-refractivity contribution in [1.82, 2.24) is 9.88 Å². The van der Waals surface area contributed by atoms with Gasteiger partial charge in [-0.3, -0.25) is 14.5 Å². The first kappa shape index (κ1) is 18.7. The molecule has 0 unspecified atom stereocenters. The van der Waals surface area contributed by atoms with Gasteiger partial charge in [0.2, 0.25) is 5.91 Å². The van der Waals surface area contributed by atoms with E-state index >= 15 is 0 Å². The molecule has 28 heavy (non-hydrogen) atoms. The normalized spacial score (nSPS) is 18.6. The number of piperidine rings is 1. The largest absolute Gasteiger partial charge is 0.448 e. The monoisotopic (exact) mass is 382 g/mol. The number of aromatic nitrogens is 1. The molecule has 7 heteroatoms. The van der Waals surface area contributed by atoms with Crippen LogP contribution in [0.4, 0.5) is 5.69 Å². The van der Waals surface area contributed by atoms with Crippen LogP contribution in [0.5, 0.6) is 0 Å². The number of hydrogen-bond donors (Lipinski definition) is 2. The maximum atomic E-state index is 12.5. The number of rotatable bonds is 6. The lowest BCUT2D eigenvalue weighted by molar-refractivity contribution is -0.123. The predicted molar refractivity (Wildman–Crippen MR) is 105 cm³/mol. The number of benzene rings is 1. The van der Waals surface area contributed by atoms with E-state index in [4.69, 9.17) is 10.2 Å². The highest BCUT2D eigenvalue weighted by atomic mass is 16.3. The van der Waals surface area contributed by atoms with Crippen molar-refractivity contribution in [3.63, 3.8) is 0 Å². The topological polar surface area (TPSA) is 101 Å². The molecule has 1 aromatic carbocycles. The Morgan fingerprint density at radius 3 is 2.68 bits per heavy atom. The fourth-order valence-electron chi connectivity index (χ4n) is 3.81. The van der Waals surface area contributed by atoms with Gasteiger partial charge < -0.3 is 15.5 Å². The minimum absolute atomic E-state index is 0.00541. The van der Waals surface area contributed by atoms with Crippen LogP contribution in [0.1, 0.15) is 60.0 Å². The first-order valence-electron chi connectivity index (χ1n) is 9.96. The quantitative estimate of drug-likeness (QED) is 0.800. The van der Waals surface area contributed by atoms with Crippen LogP contribution in [-0.4, -0.2) is 34.8 Å². The molecule has 1 aliphatic carbocycles. The van der Waals surface area contributed by atoms with Crippen molar-refractivity contribution in [2.75, 3.05) is 18.4 Å². The second-order valence-corrected chi connectivity index (χ2v) is 7.81. The zero-order valence-electron chi connectivity index (χ0n) is 15.9. The van der Waals surface area contributed by atoms with Crippen molar-refractivity contribution in [1.29, 1.82) is 0 Å². The van der Waals surface area contributed by atoms with Gasteiger partial charge in [-0.25, -0.2) is 4.98 Å².